The molecule has 0 radical (unpaired) electrons. The molecule has 0 aliphatic heterocycles. The lowest BCUT2D eigenvalue weighted by molar-refractivity contribution is -0.306. The number of benzene rings is 1. The molecule has 0 spiro atoms. The zero-order chi connectivity index (χ0) is 10.4. The fourth-order valence-electron chi connectivity index (χ4n) is 0.924. The molecule has 0 fully saturated rings. The first kappa shape index (κ1) is 10.4. The van der Waals surface area contributed by atoms with Crippen molar-refractivity contribution in [2.75, 3.05) is 13.7 Å². The minimum Gasteiger partial charge on any atom is -0.550 e. The number of carboxylic acids is 1. The summed E-state index contributed by atoms with van der Waals surface area (Å²) in [6.07, 6.45) is -0.105. The number of aliphatic carboxylic acids is 1. The number of ether oxygens (including phenoxy) is 2. The topological polar surface area (TPSA) is 58.6 Å². The second kappa shape index (κ2) is 5.11. The van der Waals surface area contributed by atoms with Gasteiger partial charge in [-0.25, -0.2) is 0 Å². The molecule has 0 aromatic heterocycles. The highest BCUT2D eigenvalue weighted by molar-refractivity contribution is 5.64. The average molecular weight is 195 g/mol. The predicted molar refractivity (Wildman–Crippen MR) is 48.1 cm³/mol. The summed E-state index contributed by atoms with van der Waals surface area (Å²) >= 11 is 0. The van der Waals surface area contributed by atoms with Crippen molar-refractivity contribution in [3.63, 3.8) is 0 Å². The van der Waals surface area contributed by atoms with Crippen molar-refractivity contribution in [1.82, 2.24) is 0 Å². The van der Waals surface area contributed by atoms with Crippen molar-refractivity contribution < 1.29 is 19.4 Å². The van der Waals surface area contributed by atoms with Gasteiger partial charge >= 0.3 is 0 Å². The first-order valence-electron chi connectivity index (χ1n) is 4.19. The Hall–Kier alpha value is -1.71. The molecule has 0 N–H and O–H groups in total. The maximum Gasteiger partial charge on any atom is 0.119 e. The van der Waals surface area contributed by atoms with E-state index < -0.39 is 5.97 Å². The zero-order valence-corrected chi connectivity index (χ0v) is 7.86. The molecule has 1 rings (SSSR count). The van der Waals surface area contributed by atoms with Crippen LogP contribution in [0.1, 0.15) is 6.42 Å². The van der Waals surface area contributed by atoms with Crippen LogP contribution >= 0.6 is 0 Å². The zero-order valence-electron chi connectivity index (χ0n) is 7.86. The Morgan fingerprint density at radius 1 is 1.29 bits per heavy atom. The Bertz CT molecular complexity index is 291. The molecule has 0 aliphatic rings. The number of carbonyl (C=O) groups is 1. The van der Waals surface area contributed by atoms with Crippen molar-refractivity contribution in [1.29, 1.82) is 0 Å². The molecule has 1 aromatic rings. The summed E-state index contributed by atoms with van der Waals surface area (Å²) in [6.45, 7) is 0.120. The van der Waals surface area contributed by atoms with E-state index in [2.05, 4.69) is 0 Å². The van der Waals surface area contributed by atoms with E-state index in [-0.39, 0.29) is 13.0 Å². The van der Waals surface area contributed by atoms with E-state index in [4.69, 9.17) is 9.47 Å². The van der Waals surface area contributed by atoms with Gasteiger partial charge < -0.3 is 19.4 Å². The average Bonchev–Trinajstić information content (AvgIpc) is 2.18. The highest BCUT2D eigenvalue weighted by atomic mass is 16.5. The van der Waals surface area contributed by atoms with Gasteiger partial charge in [-0.2, -0.15) is 0 Å². The van der Waals surface area contributed by atoms with Crippen molar-refractivity contribution >= 4 is 5.97 Å². The van der Waals surface area contributed by atoms with Gasteiger partial charge in [0.1, 0.15) is 11.5 Å². The molecule has 76 valence electrons. The fourth-order valence-corrected chi connectivity index (χ4v) is 0.924. The first-order valence-corrected chi connectivity index (χ1v) is 4.19. The van der Waals surface area contributed by atoms with Crippen LogP contribution in [0, 0.1) is 0 Å². The summed E-state index contributed by atoms with van der Waals surface area (Å²) in [5, 5.41) is 10.1. The SMILES string of the molecule is COc1ccc(OCCC(=O)[O-])cc1. The second-order valence-corrected chi connectivity index (χ2v) is 2.65. The van der Waals surface area contributed by atoms with Crippen LogP contribution in [0.4, 0.5) is 0 Å². The maximum absolute atomic E-state index is 10.1. The van der Waals surface area contributed by atoms with Crippen LogP contribution < -0.4 is 14.6 Å². The van der Waals surface area contributed by atoms with Crippen molar-refractivity contribution in [2.45, 2.75) is 6.42 Å². The number of hydrogen-bond donors (Lipinski definition) is 0. The van der Waals surface area contributed by atoms with Gasteiger partial charge in [0.25, 0.3) is 0 Å². The minimum atomic E-state index is -1.11. The fraction of sp³-hybridized carbons (Fsp3) is 0.300. The summed E-state index contributed by atoms with van der Waals surface area (Å²) < 4.78 is 10.1. The molecular formula is C10H11O4-. The first-order chi connectivity index (χ1) is 6.72. The van der Waals surface area contributed by atoms with Crippen LogP contribution in [-0.2, 0) is 4.79 Å². The lowest BCUT2D eigenvalue weighted by Gasteiger charge is -2.06. The van der Waals surface area contributed by atoms with E-state index in [1.807, 2.05) is 0 Å². The molecular weight excluding hydrogens is 184 g/mol. The second-order valence-electron chi connectivity index (χ2n) is 2.65. The number of carboxylic acid groups (broad SMARTS) is 1. The third-order valence-corrected chi connectivity index (χ3v) is 1.63. The highest BCUT2D eigenvalue weighted by Crippen LogP contribution is 2.16. The quantitative estimate of drug-likeness (QED) is 0.674. The van der Waals surface area contributed by atoms with Gasteiger partial charge in [-0.1, -0.05) is 0 Å². The van der Waals surface area contributed by atoms with Crippen LogP contribution in [0.25, 0.3) is 0 Å². The number of rotatable bonds is 5. The van der Waals surface area contributed by atoms with Crippen LogP contribution in [0.15, 0.2) is 24.3 Å². The molecule has 0 atom stereocenters. The summed E-state index contributed by atoms with van der Waals surface area (Å²) in [5.41, 5.74) is 0. The molecule has 14 heavy (non-hydrogen) atoms. The van der Waals surface area contributed by atoms with Gasteiger partial charge in [-0.15, -0.1) is 0 Å². The van der Waals surface area contributed by atoms with Crippen LogP contribution in [0.5, 0.6) is 11.5 Å². The summed E-state index contributed by atoms with van der Waals surface area (Å²) in [6, 6.07) is 6.92. The van der Waals surface area contributed by atoms with Gasteiger partial charge in [0.15, 0.2) is 0 Å². The van der Waals surface area contributed by atoms with Gasteiger partial charge in [-0.05, 0) is 24.3 Å². The van der Waals surface area contributed by atoms with E-state index in [1.54, 1.807) is 31.4 Å². The van der Waals surface area contributed by atoms with Crippen LogP contribution in [-0.4, -0.2) is 19.7 Å². The minimum absolute atomic E-state index is 0.105. The normalized spacial score (nSPS) is 9.50. The predicted octanol–water partition coefficient (Wildman–Crippen LogP) is 0.214. The molecule has 0 saturated heterocycles. The molecule has 0 unspecified atom stereocenters. The van der Waals surface area contributed by atoms with Crippen LogP contribution in [0.3, 0.4) is 0 Å². The van der Waals surface area contributed by atoms with E-state index in [9.17, 15) is 9.90 Å². The summed E-state index contributed by atoms with van der Waals surface area (Å²) in [7, 11) is 1.58. The van der Waals surface area contributed by atoms with Gasteiger partial charge in [0.05, 0.1) is 13.7 Å². The number of carbonyl (C=O) groups excluding carboxylic acids is 1. The van der Waals surface area contributed by atoms with Crippen molar-refractivity contribution in [3.8, 4) is 11.5 Å². The Morgan fingerprint density at radius 2 is 1.86 bits per heavy atom. The standard InChI is InChI=1S/C10H12O4/c1-13-8-2-4-9(5-3-8)14-7-6-10(11)12/h2-5H,6-7H2,1H3,(H,11,12)/p-1. The maximum atomic E-state index is 10.1. The highest BCUT2D eigenvalue weighted by Gasteiger charge is 1.94. The Kier molecular flexibility index (Phi) is 3.79. The molecule has 4 heteroatoms. The van der Waals surface area contributed by atoms with E-state index in [0.717, 1.165) is 5.75 Å². The molecule has 0 bridgehead atoms. The molecule has 0 heterocycles. The lowest BCUT2D eigenvalue weighted by atomic mass is 10.3. The van der Waals surface area contributed by atoms with Gasteiger partial charge in [0, 0.05) is 12.4 Å². The largest absolute Gasteiger partial charge is 0.550 e. The Morgan fingerprint density at radius 3 is 2.36 bits per heavy atom. The number of hydrogen-bond acceptors (Lipinski definition) is 4. The van der Waals surface area contributed by atoms with Crippen LogP contribution in [0.2, 0.25) is 0 Å². The number of methoxy groups -OCH3 is 1. The Labute approximate surface area is 82.1 Å². The van der Waals surface area contributed by atoms with E-state index >= 15 is 0 Å². The molecule has 0 saturated carbocycles. The van der Waals surface area contributed by atoms with E-state index in [0.29, 0.717) is 5.75 Å². The molecule has 0 aliphatic carbocycles. The van der Waals surface area contributed by atoms with E-state index in [1.165, 1.54) is 0 Å². The van der Waals surface area contributed by atoms with Crippen molar-refractivity contribution in [2.24, 2.45) is 0 Å². The third kappa shape index (κ3) is 3.35. The Balaban J connectivity index is 2.40. The smallest absolute Gasteiger partial charge is 0.119 e. The lowest BCUT2D eigenvalue weighted by Crippen LogP contribution is -2.24. The molecule has 0 amide bonds. The summed E-state index contributed by atoms with van der Waals surface area (Å²) in [4.78, 5) is 10.1. The molecule has 1 aromatic carbocycles. The molecule has 4 nitrogen and oxygen atoms in total. The van der Waals surface area contributed by atoms with Gasteiger partial charge in [-0.3, -0.25) is 0 Å². The monoisotopic (exact) mass is 195 g/mol. The van der Waals surface area contributed by atoms with Crippen molar-refractivity contribution in [3.05, 3.63) is 24.3 Å². The third-order valence-electron chi connectivity index (χ3n) is 1.63. The summed E-state index contributed by atoms with van der Waals surface area (Å²) in [5.74, 6) is 0.239. The van der Waals surface area contributed by atoms with Gasteiger partial charge in [0.2, 0.25) is 0 Å².